The number of rotatable bonds is 7. The second-order valence-corrected chi connectivity index (χ2v) is 7.84. The average molecular weight is 381 g/mol. The SMILES string of the molecule is CC(CCc1ccc(Br)cc1)NC(=O)CC(C)C1CCCNC1. The molecule has 128 valence electrons. The van der Waals surface area contributed by atoms with Crippen LogP contribution in [-0.2, 0) is 11.2 Å². The number of carbonyl (C=O) groups is 1. The Balaban J connectivity index is 1.68. The van der Waals surface area contributed by atoms with Crippen molar-refractivity contribution in [1.82, 2.24) is 10.6 Å². The molecule has 1 aliphatic rings. The van der Waals surface area contributed by atoms with E-state index in [0.29, 0.717) is 18.3 Å². The number of amides is 1. The number of halogens is 1. The van der Waals surface area contributed by atoms with Gasteiger partial charge < -0.3 is 10.6 Å². The molecule has 4 heteroatoms. The zero-order valence-corrected chi connectivity index (χ0v) is 15.9. The van der Waals surface area contributed by atoms with Crippen LogP contribution < -0.4 is 10.6 Å². The summed E-state index contributed by atoms with van der Waals surface area (Å²) in [4.78, 5) is 12.2. The van der Waals surface area contributed by atoms with Crippen molar-refractivity contribution in [2.75, 3.05) is 13.1 Å². The highest BCUT2D eigenvalue weighted by atomic mass is 79.9. The normalized spacial score (nSPS) is 20.7. The second kappa shape index (κ2) is 9.43. The van der Waals surface area contributed by atoms with Gasteiger partial charge in [0.1, 0.15) is 0 Å². The fourth-order valence-electron chi connectivity index (χ4n) is 3.26. The largest absolute Gasteiger partial charge is 0.354 e. The second-order valence-electron chi connectivity index (χ2n) is 6.92. The van der Waals surface area contributed by atoms with E-state index in [1.54, 1.807) is 0 Å². The molecule has 23 heavy (non-hydrogen) atoms. The molecular weight excluding hydrogens is 352 g/mol. The van der Waals surface area contributed by atoms with Crippen LogP contribution in [0.15, 0.2) is 28.7 Å². The van der Waals surface area contributed by atoms with E-state index in [-0.39, 0.29) is 11.9 Å². The fourth-order valence-corrected chi connectivity index (χ4v) is 3.53. The van der Waals surface area contributed by atoms with Gasteiger partial charge in [0.15, 0.2) is 0 Å². The lowest BCUT2D eigenvalue weighted by atomic mass is 9.85. The number of nitrogens with one attached hydrogen (secondary N) is 2. The Labute approximate surface area is 148 Å². The van der Waals surface area contributed by atoms with Crippen LogP contribution in [0.25, 0.3) is 0 Å². The first-order valence-corrected chi connectivity index (χ1v) is 9.58. The van der Waals surface area contributed by atoms with Crippen LogP contribution in [0.5, 0.6) is 0 Å². The molecule has 1 aromatic carbocycles. The van der Waals surface area contributed by atoms with E-state index < -0.39 is 0 Å². The van der Waals surface area contributed by atoms with Gasteiger partial charge >= 0.3 is 0 Å². The lowest BCUT2D eigenvalue weighted by Gasteiger charge is -2.28. The zero-order chi connectivity index (χ0) is 16.7. The quantitative estimate of drug-likeness (QED) is 0.752. The van der Waals surface area contributed by atoms with Crippen LogP contribution in [-0.4, -0.2) is 25.0 Å². The van der Waals surface area contributed by atoms with Gasteiger partial charge in [-0.15, -0.1) is 0 Å². The Hall–Kier alpha value is -0.870. The van der Waals surface area contributed by atoms with E-state index in [4.69, 9.17) is 0 Å². The molecule has 2 rings (SSSR count). The lowest BCUT2D eigenvalue weighted by molar-refractivity contribution is -0.123. The van der Waals surface area contributed by atoms with Crippen LogP contribution in [0.4, 0.5) is 0 Å². The number of benzene rings is 1. The van der Waals surface area contributed by atoms with Crippen molar-refractivity contribution < 1.29 is 4.79 Å². The first kappa shape index (κ1) is 18.5. The topological polar surface area (TPSA) is 41.1 Å². The van der Waals surface area contributed by atoms with Crippen LogP contribution in [0.2, 0.25) is 0 Å². The van der Waals surface area contributed by atoms with Crippen molar-refractivity contribution >= 4 is 21.8 Å². The molecule has 0 saturated carbocycles. The fraction of sp³-hybridized carbons (Fsp3) is 0.632. The Kier molecular flexibility index (Phi) is 7.57. The number of hydrogen-bond donors (Lipinski definition) is 2. The summed E-state index contributed by atoms with van der Waals surface area (Å²) >= 11 is 3.45. The summed E-state index contributed by atoms with van der Waals surface area (Å²) in [5, 5.41) is 6.60. The Morgan fingerprint density at radius 2 is 2.09 bits per heavy atom. The number of hydrogen-bond acceptors (Lipinski definition) is 2. The van der Waals surface area contributed by atoms with Gasteiger partial charge in [-0.25, -0.2) is 0 Å². The third-order valence-corrected chi connectivity index (χ3v) is 5.36. The highest BCUT2D eigenvalue weighted by molar-refractivity contribution is 9.10. The van der Waals surface area contributed by atoms with E-state index in [9.17, 15) is 4.79 Å². The summed E-state index contributed by atoms with van der Waals surface area (Å²) in [5.74, 6) is 1.31. The van der Waals surface area contributed by atoms with E-state index >= 15 is 0 Å². The molecule has 3 unspecified atom stereocenters. The zero-order valence-electron chi connectivity index (χ0n) is 14.3. The summed E-state index contributed by atoms with van der Waals surface area (Å²) in [5.41, 5.74) is 1.32. The number of carbonyl (C=O) groups excluding carboxylic acids is 1. The van der Waals surface area contributed by atoms with Crippen molar-refractivity contribution in [3.63, 3.8) is 0 Å². The standard InChI is InChI=1S/C19H29BrN2O/c1-14(17-4-3-11-21-13-17)12-19(23)22-15(2)5-6-16-7-9-18(20)10-8-16/h7-10,14-15,17,21H,3-6,11-13H2,1-2H3,(H,22,23). The Morgan fingerprint density at radius 1 is 1.35 bits per heavy atom. The molecule has 1 saturated heterocycles. The molecule has 1 heterocycles. The molecule has 0 radical (unpaired) electrons. The summed E-state index contributed by atoms with van der Waals surface area (Å²) in [7, 11) is 0. The molecule has 1 amide bonds. The molecule has 0 aliphatic carbocycles. The summed E-state index contributed by atoms with van der Waals surface area (Å²) in [6, 6.07) is 8.63. The van der Waals surface area contributed by atoms with Crippen LogP contribution in [0.3, 0.4) is 0 Å². The van der Waals surface area contributed by atoms with E-state index in [1.807, 2.05) is 0 Å². The van der Waals surface area contributed by atoms with Crippen LogP contribution in [0.1, 0.15) is 45.1 Å². The minimum Gasteiger partial charge on any atom is -0.354 e. The van der Waals surface area contributed by atoms with Crippen molar-refractivity contribution in [3.8, 4) is 0 Å². The van der Waals surface area contributed by atoms with Crippen molar-refractivity contribution in [2.45, 2.75) is 52.0 Å². The van der Waals surface area contributed by atoms with Gasteiger partial charge in [-0.2, -0.15) is 0 Å². The molecule has 0 bridgehead atoms. The number of aryl methyl sites for hydroxylation is 1. The predicted molar refractivity (Wildman–Crippen MR) is 99.4 cm³/mol. The minimum atomic E-state index is 0.200. The molecule has 1 fully saturated rings. The first-order chi connectivity index (χ1) is 11.0. The third kappa shape index (κ3) is 6.64. The van der Waals surface area contributed by atoms with Crippen molar-refractivity contribution in [3.05, 3.63) is 34.3 Å². The predicted octanol–water partition coefficient (Wildman–Crippen LogP) is 3.91. The molecular formula is C19H29BrN2O. The summed E-state index contributed by atoms with van der Waals surface area (Å²) in [6.07, 6.45) is 5.11. The first-order valence-electron chi connectivity index (χ1n) is 8.79. The van der Waals surface area contributed by atoms with E-state index in [0.717, 1.165) is 30.4 Å². The minimum absolute atomic E-state index is 0.200. The van der Waals surface area contributed by atoms with Crippen LogP contribution >= 0.6 is 15.9 Å². The van der Waals surface area contributed by atoms with Gasteiger partial charge in [0.2, 0.25) is 5.91 Å². The molecule has 0 spiro atoms. The molecule has 2 N–H and O–H groups in total. The van der Waals surface area contributed by atoms with Gasteiger partial charge in [-0.05, 0) is 75.2 Å². The highest BCUT2D eigenvalue weighted by Crippen LogP contribution is 2.22. The van der Waals surface area contributed by atoms with Gasteiger partial charge in [0, 0.05) is 16.9 Å². The maximum atomic E-state index is 12.2. The summed E-state index contributed by atoms with van der Waals surface area (Å²) < 4.78 is 1.11. The number of piperidine rings is 1. The lowest BCUT2D eigenvalue weighted by Crippen LogP contribution is -2.37. The van der Waals surface area contributed by atoms with Gasteiger partial charge in [-0.3, -0.25) is 4.79 Å². The summed E-state index contributed by atoms with van der Waals surface area (Å²) in [6.45, 7) is 6.50. The third-order valence-electron chi connectivity index (χ3n) is 4.83. The van der Waals surface area contributed by atoms with Gasteiger partial charge in [-0.1, -0.05) is 35.0 Å². The van der Waals surface area contributed by atoms with E-state index in [1.165, 1.54) is 18.4 Å². The van der Waals surface area contributed by atoms with Crippen molar-refractivity contribution in [2.24, 2.45) is 11.8 Å². The highest BCUT2D eigenvalue weighted by Gasteiger charge is 2.22. The molecule has 3 atom stereocenters. The molecule has 1 aromatic rings. The van der Waals surface area contributed by atoms with E-state index in [2.05, 4.69) is 64.7 Å². The van der Waals surface area contributed by atoms with Gasteiger partial charge in [0.25, 0.3) is 0 Å². The molecule has 0 aromatic heterocycles. The van der Waals surface area contributed by atoms with Crippen molar-refractivity contribution in [1.29, 1.82) is 0 Å². The molecule has 3 nitrogen and oxygen atoms in total. The Bertz CT molecular complexity index is 483. The maximum absolute atomic E-state index is 12.2. The Morgan fingerprint density at radius 3 is 2.74 bits per heavy atom. The van der Waals surface area contributed by atoms with Crippen LogP contribution in [0, 0.1) is 11.8 Å². The maximum Gasteiger partial charge on any atom is 0.220 e. The molecule has 1 aliphatic heterocycles. The average Bonchev–Trinajstić information content (AvgIpc) is 2.55. The monoisotopic (exact) mass is 380 g/mol. The smallest absolute Gasteiger partial charge is 0.220 e. The van der Waals surface area contributed by atoms with Gasteiger partial charge in [0.05, 0.1) is 0 Å².